The number of nitrogens with one attached hydrogen (secondary N) is 1. The number of hydrogen-bond donors (Lipinski definition) is 1. The predicted octanol–water partition coefficient (Wildman–Crippen LogP) is 2.08. The summed E-state index contributed by atoms with van der Waals surface area (Å²) in [5.41, 5.74) is 0.604. The van der Waals surface area contributed by atoms with Crippen LogP contribution in [0.1, 0.15) is 21.3 Å². The van der Waals surface area contributed by atoms with Crippen LogP contribution in [-0.4, -0.2) is 37.6 Å². The van der Waals surface area contributed by atoms with Crippen LogP contribution in [0.15, 0.2) is 35.8 Å². The molecule has 3 heterocycles. The maximum Gasteiger partial charge on any atom is 0.254 e. The van der Waals surface area contributed by atoms with Crippen molar-refractivity contribution in [2.24, 2.45) is 0 Å². The summed E-state index contributed by atoms with van der Waals surface area (Å²) in [5.74, 6) is 0.610. The highest BCUT2D eigenvalue weighted by Gasteiger charge is 2.26. The molecule has 5 nitrogen and oxygen atoms in total. The molecular formula is C15H17N3O2S. The Balaban J connectivity index is 1.85. The van der Waals surface area contributed by atoms with E-state index in [0.717, 1.165) is 12.4 Å². The lowest BCUT2D eigenvalue weighted by atomic mass is 10.2. The zero-order valence-electron chi connectivity index (χ0n) is 11.8. The Kier molecular flexibility index (Phi) is 4.17. The minimum Gasteiger partial charge on any atom is -0.369 e. The van der Waals surface area contributed by atoms with Gasteiger partial charge in [0.05, 0.1) is 18.7 Å². The first-order valence-electron chi connectivity index (χ1n) is 6.86. The molecule has 1 amide bonds. The SMILES string of the molecule is CNC(=O)c1cccnc1N1CCOC(c2cccs2)C1. The molecule has 2 aromatic heterocycles. The van der Waals surface area contributed by atoms with Crippen molar-refractivity contribution < 1.29 is 9.53 Å². The van der Waals surface area contributed by atoms with Crippen molar-refractivity contribution in [3.05, 3.63) is 46.3 Å². The number of carbonyl (C=O) groups is 1. The van der Waals surface area contributed by atoms with Crippen molar-refractivity contribution >= 4 is 23.1 Å². The van der Waals surface area contributed by atoms with E-state index < -0.39 is 0 Å². The smallest absolute Gasteiger partial charge is 0.254 e. The third kappa shape index (κ3) is 2.91. The molecule has 1 unspecified atom stereocenters. The Morgan fingerprint density at radius 3 is 3.14 bits per heavy atom. The summed E-state index contributed by atoms with van der Waals surface area (Å²) in [6, 6.07) is 7.69. The third-order valence-corrected chi connectivity index (χ3v) is 4.45. The second-order valence-electron chi connectivity index (χ2n) is 4.77. The van der Waals surface area contributed by atoms with Gasteiger partial charge in [0.2, 0.25) is 0 Å². The average Bonchev–Trinajstić information content (AvgIpc) is 3.09. The van der Waals surface area contributed by atoms with Crippen LogP contribution in [-0.2, 0) is 4.74 Å². The van der Waals surface area contributed by atoms with Crippen LogP contribution in [0.5, 0.6) is 0 Å². The quantitative estimate of drug-likeness (QED) is 0.943. The summed E-state index contributed by atoms with van der Waals surface area (Å²) in [4.78, 5) is 19.7. The van der Waals surface area contributed by atoms with E-state index in [1.807, 2.05) is 11.4 Å². The summed E-state index contributed by atoms with van der Waals surface area (Å²) in [6.45, 7) is 2.08. The molecule has 21 heavy (non-hydrogen) atoms. The zero-order chi connectivity index (χ0) is 14.7. The minimum absolute atomic E-state index is 0.0401. The van der Waals surface area contributed by atoms with E-state index in [-0.39, 0.29) is 12.0 Å². The first-order valence-corrected chi connectivity index (χ1v) is 7.74. The highest BCUT2D eigenvalue weighted by Crippen LogP contribution is 2.29. The maximum absolute atomic E-state index is 12.0. The Hall–Kier alpha value is -1.92. The van der Waals surface area contributed by atoms with Crippen molar-refractivity contribution in [2.45, 2.75) is 6.10 Å². The van der Waals surface area contributed by atoms with Crippen LogP contribution in [0, 0.1) is 0 Å². The molecular weight excluding hydrogens is 286 g/mol. The van der Waals surface area contributed by atoms with Gasteiger partial charge in [-0.15, -0.1) is 11.3 Å². The molecule has 6 heteroatoms. The molecule has 1 aliphatic heterocycles. The van der Waals surface area contributed by atoms with Crippen LogP contribution in [0.3, 0.4) is 0 Å². The van der Waals surface area contributed by atoms with Crippen molar-refractivity contribution in [2.75, 3.05) is 31.6 Å². The molecule has 3 rings (SSSR count). The number of anilines is 1. The largest absolute Gasteiger partial charge is 0.369 e. The predicted molar refractivity (Wildman–Crippen MR) is 82.9 cm³/mol. The highest BCUT2D eigenvalue weighted by atomic mass is 32.1. The number of amides is 1. The molecule has 1 aliphatic rings. The van der Waals surface area contributed by atoms with Crippen LogP contribution in [0.4, 0.5) is 5.82 Å². The van der Waals surface area contributed by atoms with Crippen LogP contribution in [0.25, 0.3) is 0 Å². The lowest BCUT2D eigenvalue weighted by Gasteiger charge is -2.34. The number of nitrogens with zero attached hydrogens (tertiary/aromatic N) is 2. The fourth-order valence-electron chi connectivity index (χ4n) is 2.45. The molecule has 0 radical (unpaired) electrons. The first kappa shape index (κ1) is 14.0. The third-order valence-electron chi connectivity index (χ3n) is 3.48. The molecule has 0 saturated carbocycles. The summed E-state index contributed by atoms with van der Waals surface area (Å²) in [6.07, 6.45) is 1.76. The number of thiophene rings is 1. The number of ether oxygens (including phenoxy) is 1. The maximum atomic E-state index is 12.0. The summed E-state index contributed by atoms with van der Waals surface area (Å²) in [7, 11) is 1.63. The molecule has 1 saturated heterocycles. The number of hydrogen-bond acceptors (Lipinski definition) is 5. The lowest BCUT2D eigenvalue weighted by molar-refractivity contribution is 0.0417. The molecule has 2 aromatic rings. The number of pyridine rings is 1. The van der Waals surface area contributed by atoms with Crippen LogP contribution >= 0.6 is 11.3 Å². The van der Waals surface area contributed by atoms with Gasteiger partial charge in [0.25, 0.3) is 5.91 Å². The number of rotatable bonds is 3. The summed E-state index contributed by atoms with van der Waals surface area (Å²) >= 11 is 1.69. The van der Waals surface area contributed by atoms with Crippen molar-refractivity contribution in [1.29, 1.82) is 0 Å². The summed E-state index contributed by atoms with van der Waals surface area (Å²) < 4.78 is 5.84. The highest BCUT2D eigenvalue weighted by molar-refractivity contribution is 7.10. The van der Waals surface area contributed by atoms with Crippen LogP contribution in [0.2, 0.25) is 0 Å². The minimum atomic E-state index is -0.114. The Morgan fingerprint density at radius 1 is 1.48 bits per heavy atom. The Morgan fingerprint density at radius 2 is 2.38 bits per heavy atom. The fraction of sp³-hybridized carbons (Fsp3) is 0.333. The van der Waals surface area contributed by atoms with E-state index in [4.69, 9.17) is 4.74 Å². The van der Waals surface area contributed by atoms with Gasteiger partial charge in [-0.2, -0.15) is 0 Å². The van der Waals surface area contributed by atoms with E-state index in [1.165, 1.54) is 4.88 Å². The molecule has 1 fully saturated rings. The fourth-order valence-corrected chi connectivity index (χ4v) is 3.21. The van der Waals surface area contributed by atoms with Crippen molar-refractivity contribution in [1.82, 2.24) is 10.3 Å². The van der Waals surface area contributed by atoms with Gasteiger partial charge in [0.1, 0.15) is 11.9 Å². The zero-order valence-corrected chi connectivity index (χ0v) is 12.6. The van der Waals surface area contributed by atoms with Gasteiger partial charge < -0.3 is 15.0 Å². The molecule has 1 N–H and O–H groups in total. The van der Waals surface area contributed by atoms with Gasteiger partial charge in [-0.25, -0.2) is 4.98 Å². The van der Waals surface area contributed by atoms with Gasteiger partial charge in [-0.05, 0) is 23.6 Å². The van der Waals surface area contributed by atoms with E-state index in [0.29, 0.717) is 18.7 Å². The van der Waals surface area contributed by atoms with Gasteiger partial charge in [0.15, 0.2) is 0 Å². The Labute approximate surface area is 127 Å². The van der Waals surface area contributed by atoms with Gasteiger partial charge in [-0.3, -0.25) is 4.79 Å². The van der Waals surface area contributed by atoms with E-state index in [1.54, 1.807) is 36.7 Å². The lowest BCUT2D eigenvalue weighted by Crippen LogP contribution is -2.39. The second kappa shape index (κ2) is 6.24. The van der Waals surface area contributed by atoms with E-state index in [2.05, 4.69) is 21.3 Å². The molecule has 1 atom stereocenters. The van der Waals surface area contributed by atoms with Crippen molar-refractivity contribution in [3.8, 4) is 0 Å². The number of morpholine rings is 1. The molecule has 0 aliphatic carbocycles. The van der Waals surface area contributed by atoms with Crippen LogP contribution < -0.4 is 10.2 Å². The van der Waals surface area contributed by atoms with Crippen molar-refractivity contribution in [3.63, 3.8) is 0 Å². The van der Waals surface area contributed by atoms with Gasteiger partial charge in [-0.1, -0.05) is 6.07 Å². The number of aromatic nitrogens is 1. The first-order chi connectivity index (χ1) is 10.3. The number of carbonyl (C=O) groups excluding carboxylic acids is 1. The molecule has 110 valence electrons. The molecule has 0 aromatic carbocycles. The monoisotopic (exact) mass is 303 g/mol. The topological polar surface area (TPSA) is 54.5 Å². The average molecular weight is 303 g/mol. The Bertz CT molecular complexity index is 615. The van der Waals surface area contributed by atoms with Gasteiger partial charge >= 0.3 is 0 Å². The van der Waals surface area contributed by atoms with E-state index in [9.17, 15) is 4.79 Å². The summed E-state index contributed by atoms with van der Waals surface area (Å²) in [5, 5.41) is 4.71. The molecule has 0 spiro atoms. The normalized spacial score (nSPS) is 18.5. The molecule has 0 bridgehead atoms. The second-order valence-corrected chi connectivity index (χ2v) is 5.75. The van der Waals surface area contributed by atoms with E-state index >= 15 is 0 Å². The standard InChI is InChI=1S/C15H17N3O2S/c1-16-15(19)11-4-2-6-17-14(11)18-7-8-20-12(10-18)13-5-3-9-21-13/h2-6,9,12H,7-8,10H2,1H3,(H,16,19). The van der Waals surface area contributed by atoms with Gasteiger partial charge in [0, 0.05) is 24.7 Å².